The van der Waals surface area contributed by atoms with Gasteiger partial charge >= 0.3 is 6.03 Å². The lowest BCUT2D eigenvalue weighted by Crippen LogP contribution is -2.43. The van der Waals surface area contributed by atoms with Crippen molar-refractivity contribution in [1.29, 1.82) is 0 Å². The highest BCUT2D eigenvalue weighted by Crippen LogP contribution is 1.99. The van der Waals surface area contributed by atoms with Crippen LogP contribution in [0.25, 0.3) is 0 Å². The van der Waals surface area contributed by atoms with E-state index in [9.17, 15) is 13.6 Å². The zero-order chi connectivity index (χ0) is 13.4. The highest BCUT2D eigenvalue weighted by molar-refractivity contribution is 5.73. The Morgan fingerprint density at radius 1 is 1.35 bits per heavy atom. The second-order valence-electron chi connectivity index (χ2n) is 4.24. The van der Waals surface area contributed by atoms with Crippen LogP contribution in [0.4, 0.5) is 13.6 Å². The number of likely N-dealkylation sites (N-methyl/N-ethyl adjacent to an activating group) is 1. The van der Waals surface area contributed by atoms with Crippen molar-refractivity contribution in [3.8, 4) is 0 Å². The average Bonchev–Trinajstić information content (AvgIpc) is 2.26. The summed E-state index contributed by atoms with van der Waals surface area (Å²) in [5.74, 6) is 0. The SMILES string of the molecule is CCC(C)N(C)CCNC(=O)N(C)CC(F)F. The number of hydrogen-bond donors (Lipinski definition) is 1. The van der Waals surface area contributed by atoms with Gasteiger partial charge in [-0.2, -0.15) is 0 Å². The van der Waals surface area contributed by atoms with Crippen molar-refractivity contribution in [2.45, 2.75) is 32.7 Å². The minimum Gasteiger partial charge on any atom is -0.337 e. The van der Waals surface area contributed by atoms with Gasteiger partial charge in [0.2, 0.25) is 0 Å². The molecule has 0 aliphatic heterocycles. The number of urea groups is 1. The number of carbonyl (C=O) groups excluding carboxylic acids is 1. The summed E-state index contributed by atoms with van der Waals surface area (Å²) in [5, 5.41) is 2.61. The predicted octanol–water partition coefficient (Wildman–Crippen LogP) is 1.62. The third-order valence-corrected chi connectivity index (χ3v) is 2.84. The normalized spacial score (nSPS) is 12.9. The summed E-state index contributed by atoms with van der Waals surface area (Å²) >= 11 is 0. The summed E-state index contributed by atoms with van der Waals surface area (Å²) in [7, 11) is 3.34. The molecule has 0 fully saturated rings. The molecule has 0 aromatic carbocycles. The summed E-state index contributed by atoms with van der Waals surface area (Å²) in [6.45, 7) is 4.84. The lowest BCUT2D eigenvalue weighted by atomic mass is 10.2. The second kappa shape index (κ2) is 8.22. The fourth-order valence-corrected chi connectivity index (χ4v) is 1.30. The largest absolute Gasteiger partial charge is 0.337 e. The van der Waals surface area contributed by atoms with Crippen LogP contribution < -0.4 is 5.32 Å². The van der Waals surface area contributed by atoms with E-state index in [0.717, 1.165) is 11.3 Å². The number of halogens is 2. The Kier molecular flexibility index (Phi) is 7.78. The molecule has 102 valence electrons. The molecule has 0 aliphatic rings. The molecule has 0 spiro atoms. The Labute approximate surface area is 102 Å². The Morgan fingerprint density at radius 3 is 2.41 bits per heavy atom. The van der Waals surface area contributed by atoms with Gasteiger partial charge in [-0.3, -0.25) is 0 Å². The molecule has 0 rings (SSSR count). The first kappa shape index (κ1) is 16.1. The third-order valence-electron chi connectivity index (χ3n) is 2.84. The van der Waals surface area contributed by atoms with Crippen LogP contribution in [0.1, 0.15) is 20.3 Å². The highest BCUT2D eigenvalue weighted by atomic mass is 19.3. The van der Waals surface area contributed by atoms with E-state index in [1.807, 2.05) is 7.05 Å². The monoisotopic (exact) mass is 251 g/mol. The smallest absolute Gasteiger partial charge is 0.317 e. The second-order valence-corrected chi connectivity index (χ2v) is 4.24. The fraction of sp³-hybridized carbons (Fsp3) is 0.909. The summed E-state index contributed by atoms with van der Waals surface area (Å²) in [6.07, 6.45) is -1.45. The van der Waals surface area contributed by atoms with Crippen LogP contribution in [-0.2, 0) is 0 Å². The summed E-state index contributed by atoms with van der Waals surface area (Å²) < 4.78 is 24.0. The summed E-state index contributed by atoms with van der Waals surface area (Å²) in [5.41, 5.74) is 0. The van der Waals surface area contributed by atoms with Crippen molar-refractivity contribution in [2.24, 2.45) is 0 Å². The standard InChI is InChI=1S/C11H23F2N3O/c1-5-9(2)15(3)7-6-14-11(17)16(4)8-10(12)13/h9-10H,5-8H2,1-4H3,(H,14,17). The Bertz CT molecular complexity index is 227. The van der Waals surface area contributed by atoms with E-state index in [4.69, 9.17) is 0 Å². The number of alkyl halides is 2. The maximum Gasteiger partial charge on any atom is 0.317 e. The molecule has 2 amide bonds. The molecule has 6 heteroatoms. The van der Waals surface area contributed by atoms with Gasteiger partial charge in [-0.1, -0.05) is 6.92 Å². The number of amides is 2. The van der Waals surface area contributed by atoms with E-state index in [0.29, 0.717) is 19.1 Å². The number of carbonyl (C=O) groups is 1. The van der Waals surface area contributed by atoms with Gasteiger partial charge in [-0.25, -0.2) is 13.6 Å². The molecule has 0 saturated carbocycles. The van der Waals surface area contributed by atoms with E-state index in [1.165, 1.54) is 7.05 Å². The Morgan fingerprint density at radius 2 is 1.94 bits per heavy atom. The zero-order valence-corrected chi connectivity index (χ0v) is 11.0. The molecular formula is C11H23F2N3O. The van der Waals surface area contributed by atoms with Crippen molar-refractivity contribution < 1.29 is 13.6 Å². The lowest BCUT2D eigenvalue weighted by Gasteiger charge is -2.24. The first-order chi connectivity index (χ1) is 7.88. The van der Waals surface area contributed by atoms with Gasteiger partial charge in [0.1, 0.15) is 0 Å². The van der Waals surface area contributed by atoms with E-state index in [1.54, 1.807) is 0 Å². The summed E-state index contributed by atoms with van der Waals surface area (Å²) in [4.78, 5) is 14.5. The molecule has 1 atom stereocenters. The van der Waals surface area contributed by atoms with Crippen LogP contribution in [-0.4, -0.2) is 62.0 Å². The highest BCUT2D eigenvalue weighted by Gasteiger charge is 2.13. The number of nitrogens with zero attached hydrogens (tertiary/aromatic N) is 2. The van der Waals surface area contributed by atoms with Crippen molar-refractivity contribution in [1.82, 2.24) is 15.1 Å². The molecule has 4 nitrogen and oxygen atoms in total. The van der Waals surface area contributed by atoms with Gasteiger partial charge in [0.05, 0.1) is 6.54 Å². The molecular weight excluding hydrogens is 228 g/mol. The van der Waals surface area contributed by atoms with Crippen molar-refractivity contribution in [3.63, 3.8) is 0 Å². The topological polar surface area (TPSA) is 35.6 Å². The first-order valence-electron chi connectivity index (χ1n) is 5.85. The van der Waals surface area contributed by atoms with Gasteiger partial charge < -0.3 is 15.1 Å². The summed E-state index contributed by atoms with van der Waals surface area (Å²) in [6, 6.07) is -0.00597. The molecule has 0 aromatic heterocycles. The van der Waals surface area contributed by atoms with E-state index in [2.05, 4.69) is 24.1 Å². The number of hydrogen-bond acceptors (Lipinski definition) is 2. The van der Waals surface area contributed by atoms with E-state index < -0.39 is 19.0 Å². The molecule has 1 N–H and O–H groups in total. The molecule has 17 heavy (non-hydrogen) atoms. The average molecular weight is 251 g/mol. The van der Waals surface area contributed by atoms with Gasteiger partial charge in [-0.15, -0.1) is 0 Å². The maximum atomic E-state index is 12.0. The van der Waals surface area contributed by atoms with E-state index in [-0.39, 0.29) is 0 Å². The molecule has 1 unspecified atom stereocenters. The molecule has 0 saturated heterocycles. The lowest BCUT2D eigenvalue weighted by molar-refractivity contribution is 0.107. The predicted molar refractivity (Wildman–Crippen MR) is 64.4 cm³/mol. The van der Waals surface area contributed by atoms with Gasteiger partial charge in [-0.05, 0) is 20.4 Å². The Hall–Kier alpha value is -0.910. The number of rotatable bonds is 7. The van der Waals surface area contributed by atoms with Gasteiger partial charge in [0.15, 0.2) is 0 Å². The van der Waals surface area contributed by atoms with E-state index >= 15 is 0 Å². The minimum absolute atomic E-state index is 0.450. The van der Waals surface area contributed by atoms with Crippen LogP contribution in [0.3, 0.4) is 0 Å². The van der Waals surface area contributed by atoms with Gasteiger partial charge in [0.25, 0.3) is 6.43 Å². The Balaban J connectivity index is 3.77. The van der Waals surface area contributed by atoms with Crippen LogP contribution in [0.15, 0.2) is 0 Å². The fourth-order valence-electron chi connectivity index (χ4n) is 1.30. The first-order valence-corrected chi connectivity index (χ1v) is 5.85. The molecule has 0 aromatic rings. The molecule has 0 bridgehead atoms. The van der Waals surface area contributed by atoms with Crippen molar-refractivity contribution in [2.75, 3.05) is 33.7 Å². The van der Waals surface area contributed by atoms with Crippen molar-refractivity contribution >= 4 is 6.03 Å². The minimum atomic E-state index is -2.49. The maximum absolute atomic E-state index is 12.0. The molecule has 0 aliphatic carbocycles. The van der Waals surface area contributed by atoms with Crippen LogP contribution in [0, 0.1) is 0 Å². The van der Waals surface area contributed by atoms with Crippen LogP contribution in [0.5, 0.6) is 0 Å². The number of nitrogens with one attached hydrogen (secondary N) is 1. The molecule has 0 radical (unpaired) electrons. The van der Waals surface area contributed by atoms with Crippen molar-refractivity contribution in [3.05, 3.63) is 0 Å². The zero-order valence-electron chi connectivity index (χ0n) is 11.0. The van der Waals surface area contributed by atoms with Crippen LogP contribution >= 0.6 is 0 Å². The van der Waals surface area contributed by atoms with Gasteiger partial charge in [0, 0.05) is 26.2 Å². The molecule has 0 heterocycles. The van der Waals surface area contributed by atoms with Crippen LogP contribution in [0.2, 0.25) is 0 Å². The third kappa shape index (κ3) is 7.10. The quantitative estimate of drug-likeness (QED) is 0.746.